The van der Waals surface area contributed by atoms with Crippen LogP contribution in [-0.4, -0.2) is 10.2 Å². The van der Waals surface area contributed by atoms with Gasteiger partial charge in [0, 0.05) is 0 Å². The molecule has 1 heterocycles. The summed E-state index contributed by atoms with van der Waals surface area (Å²) >= 11 is 10.9. The number of hydrogen-bond acceptors (Lipinski definition) is 2. The fourth-order valence-corrected chi connectivity index (χ4v) is 0.627. The number of halogens is 2. The molecule has 0 saturated carbocycles. The standard InChI is InChI=1S/C5HCl2N3/c1-8-4-2-3(6)5(7)10-9-4/h2H. The van der Waals surface area contributed by atoms with E-state index in [0.717, 1.165) is 0 Å². The van der Waals surface area contributed by atoms with Gasteiger partial charge in [0.05, 0.1) is 5.02 Å². The minimum Gasteiger partial charge on any atom is -0.359 e. The molecule has 50 valence electrons. The Kier molecular flexibility index (Phi) is 2.05. The maximum Gasteiger partial charge on any atom is 0.297 e. The summed E-state index contributed by atoms with van der Waals surface area (Å²) in [6.07, 6.45) is 0. The van der Waals surface area contributed by atoms with Crippen LogP contribution in [0.25, 0.3) is 4.85 Å². The second-order valence-corrected chi connectivity index (χ2v) is 2.22. The van der Waals surface area contributed by atoms with Gasteiger partial charge in [-0.1, -0.05) is 29.8 Å². The van der Waals surface area contributed by atoms with Gasteiger partial charge in [-0.15, -0.1) is 0 Å². The van der Waals surface area contributed by atoms with Crippen LogP contribution >= 0.6 is 23.2 Å². The van der Waals surface area contributed by atoms with E-state index in [0.29, 0.717) is 0 Å². The lowest BCUT2D eigenvalue weighted by molar-refractivity contribution is 1.05. The summed E-state index contributed by atoms with van der Waals surface area (Å²) in [5.74, 6) is 0.148. The third-order valence-electron chi connectivity index (χ3n) is 0.808. The molecule has 0 aliphatic rings. The van der Waals surface area contributed by atoms with Gasteiger partial charge < -0.3 is 4.85 Å². The van der Waals surface area contributed by atoms with Crippen molar-refractivity contribution in [2.75, 3.05) is 0 Å². The summed E-state index contributed by atoms with van der Waals surface area (Å²) < 4.78 is 0. The molecule has 3 nitrogen and oxygen atoms in total. The predicted octanol–water partition coefficient (Wildman–Crippen LogP) is 2.33. The number of rotatable bonds is 0. The van der Waals surface area contributed by atoms with Gasteiger partial charge in [0.2, 0.25) is 0 Å². The minimum absolute atomic E-state index is 0.120. The molecule has 0 saturated heterocycles. The summed E-state index contributed by atoms with van der Waals surface area (Å²) in [7, 11) is 0. The molecule has 0 unspecified atom stereocenters. The first-order valence-corrected chi connectivity index (χ1v) is 3.06. The lowest BCUT2D eigenvalue weighted by Crippen LogP contribution is -1.80. The molecule has 1 rings (SSSR count). The smallest absolute Gasteiger partial charge is 0.297 e. The topological polar surface area (TPSA) is 30.1 Å². The molecular formula is C5HCl2N3. The molecular weight excluding hydrogens is 173 g/mol. The number of hydrogen-bond donors (Lipinski definition) is 0. The van der Waals surface area contributed by atoms with Crippen molar-refractivity contribution in [3.8, 4) is 0 Å². The van der Waals surface area contributed by atoms with Gasteiger partial charge in [-0.3, -0.25) is 0 Å². The Hall–Kier alpha value is -0.850. The number of aromatic nitrogens is 2. The van der Waals surface area contributed by atoms with Crippen molar-refractivity contribution >= 4 is 29.0 Å². The molecule has 0 aromatic carbocycles. The van der Waals surface area contributed by atoms with Crippen LogP contribution in [-0.2, 0) is 0 Å². The van der Waals surface area contributed by atoms with E-state index in [1.807, 2.05) is 0 Å². The summed E-state index contributed by atoms with van der Waals surface area (Å²) in [4.78, 5) is 3.01. The first-order chi connectivity index (χ1) is 4.74. The monoisotopic (exact) mass is 173 g/mol. The average molecular weight is 174 g/mol. The third-order valence-corrected chi connectivity index (χ3v) is 1.47. The van der Waals surface area contributed by atoms with Crippen LogP contribution in [0.2, 0.25) is 10.2 Å². The molecule has 0 aliphatic carbocycles. The SMILES string of the molecule is [C-]#[N+]c1cc(Cl)c(Cl)nn1. The molecule has 0 amide bonds. The normalized spacial score (nSPS) is 8.90. The quantitative estimate of drug-likeness (QED) is 0.565. The first kappa shape index (κ1) is 7.26. The highest BCUT2D eigenvalue weighted by atomic mass is 35.5. The predicted molar refractivity (Wildman–Crippen MR) is 38.3 cm³/mol. The van der Waals surface area contributed by atoms with Crippen LogP contribution < -0.4 is 0 Å². The molecule has 1 aromatic rings. The molecule has 5 heteroatoms. The maximum absolute atomic E-state index is 6.53. The highest BCUT2D eigenvalue weighted by molar-refractivity contribution is 6.41. The Labute approximate surface area is 67.4 Å². The fourth-order valence-electron chi connectivity index (χ4n) is 0.399. The van der Waals surface area contributed by atoms with Gasteiger partial charge in [0.1, 0.15) is 0 Å². The molecule has 0 radical (unpaired) electrons. The molecule has 0 aliphatic heterocycles. The second kappa shape index (κ2) is 2.82. The zero-order valence-electron chi connectivity index (χ0n) is 4.67. The zero-order chi connectivity index (χ0) is 7.56. The van der Waals surface area contributed by atoms with E-state index in [1.165, 1.54) is 6.07 Å². The Morgan fingerprint density at radius 3 is 2.60 bits per heavy atom. The van der Waals surface area contributed by atoms with E-state index in [-0.39, 0.29) is 16.0 Å². The Morgan fingerprint density at radius 2 is 2.10 bits per heavy atom. The zero-order valence-corrected chi connectivity index (χ0v) is 6.19. The van der Waals surface area contributed by atoms with Crippen LogP contribution in [0.15, 0.2) is 6.07 Å². The molecule has 0 spiro atoms. The molecule has 10 heavy (non-hydrogen) atoms. The van der Waals surface area contributed by atoms with E-state index < -0.39 is 0 Å². The Balaban J connectivity index is 3.20. The lowest BCUT2D eigenvalue weighted by atomic mass is 10.5. The van der Waals surface area contributed by atoms with Gasteiger partial charge in [-0.2, -0.15) is 0 Å². The first-order valence-electron chi connectivity index (χ1n) is 2.30. The fraction of sp³-hybridized carbons (Fsp3) is 0. The van der Waals surface area contributed by atoms with Gasteiger partial charge >= 0.3 is 0 Å². The van der Waals surface area contributed by atoms with Gasteiger partial charge in [-0.25, -0.2) is 0 Å². The summed E-state index contributed by atoms with van der Waals surface area (Å²) in [6.45, 7) is 6.53. The van der Waals surface area contributed by atoms with Crippen molar-refractivity contribution in [2.24, 2.45) is 0 Å². The summed E-state index contributed by atoms with van der Waals surface area (Å²) in [5, 5.41) is 7.23. The second-order valence-electron chi connectivity index (χ2n) is 1.45. The highest BCUT2D eigenvalue weighted by Gasteiger charge is 2.02. The maximum atomic E-state index is 6.53. The van der Waals surface area contributed by atoms with Crippen molar-refractivity contribution in [3.63, 3.8) is 0 Å². The van der Waals surface area contributed by atoms with E-state index >= 15 is 0 Å². The molecule has 1 aromatic heterocycles. The van der Waals surface area contributed by atoms with Crippen molar-refractivity contribution in [1.82, 2.24) is 10.2 Å². The van der Waals surface area contributed by atoms with Crippen molar-refractivity contribution in [1.29, 1.82) is 0 Å². The van der Waals surface area contributed by atoms with Crippen LogP contribution in [0.3, 0.4) is 0 Å². The summed E-state index contributed by atoms with van der Waals surface area (Å²) in [6, 6.07) is 1.36. The summed E-state index contributed by atoms with van der Waals surface area (Å²) in [5.41, 5.74) is 0. The lowest BCUT2D eigenvalue weighted by Gasteiger charge is -1.88. The van der Waals surface area contributed by atoms with Gasteiger partial charge in [-0.05, 0) is 16.3 Å². The van der Waals surface area contributed by atoms with Gasteiger partial charge in [0.15, 0.2) is 5.15 Å². The van der Waals surface area contributed by atoms with Crippen molar-refractivity contribution in [3.05, 3.63) is 27.7 Å². The van der Waals surface area contributed by atoms with E-state index in [9.17, 15) is 0 Å². The average Bonchev–Trinajstić information content (AvgIpc) is 1.95. The van der Waals surface area contributed by atoms with Crippen LogP contribution in [0.5, 0.6) is 0 Å². The van der Waals surface area contributed by atoms with Gasteiger partial charge in [0.25, 0.3) is 5.82 Å². The van der Waals surface area contributed by atoms with E-state index in [2.05, 4.69) is 15.0 Å². The molecule has 0 N–H and O–H groups in total. The largest absolute Gasteiger partial charge is 0.359 e. The minimum atomic E-state index is 0.120. The highest BCUT2D eigenvalue weighted by Crippen LogP contribution is 2.21. The van der Waals surface area contributed by atoms with Crippen molar-refractivity contribution < 1.29 is 0 Å². The molecule has 0 fully saturated rings. The van der Waals surface area contributed by atoms with Crippen LogP contribution in [0, 0.1) is 6.57 Å². The Morgan fingerprint density at radius 1 is 1.40 bits per heavy atom. The van der Waals surface area contributed by atoms with E-state index in [4.69, 9.17) is 29.8 Å². The number of nitrogens with zero attached hydrogens (tertiary/aromatic N) is 3. The molecule has 0 atom stereocenters. The van der Waals surface area contributed by atoms with Crippen molar-refractivity contribution in [2.45, 2.75) is 0 Å². The van der Waals surface area contributed by atoms with E-state index in [1.54, 1.807) is 0 Å². The Bertz CT molecular complexity index is 291. The third kappa shape index (κ3) is 1.35. The molecule has 0 bridgehead atoms. The van der Waals surface area contributed by atoms with Crippen LogP contribution in [0.4, 0.5) is 5.82 Å². The van der Waals surface area contributed by atoms with Crippen LogP contribution in [0.1, 0.15) is 0 Å².